The van der Waals surface area contributed by atoms with E-state index in [0.29, 0.717) is 0 Å². The quantitative estimate of drug-likeness (QED) is 0.891. The molecule has 0 spiro atoms. The van der Waals surface area contributed by atoms with E-state index >= 15 is 0 Å². The number of aromatic nitrogens is 1. The molecule has 2 aromatic rings. The second kappa shape index (κ2) is 4.82. The van der Waals surface area contributed by atoms with Gasteiger partial charge in [0, 0.05) is 20.7 Å². The summed E-state index contributed by atoms with van der Waals surface area (Å²) in [5.41, 5.74) is 5.78. The van der Waals surface area contributed by atoms with E-state index < -0.39 is 0 Å². The van der Waals surface area contributed by atoms with Crippen molar-refractivity contribution < 1.29 is 0 Å². The highest BCUT2D eigenvalue weighted by Gasteiger charge is 2.05. The number of nitrogens with zero attached hydrogens (tertiary/aromatic N) is 1. The fourth-order valence-electron chi connectivity index (χ4n) is 1.55. The molecule has 0 saturated carbocycles. The van der Waals surface area contributed by atoms with Gasteiger partial charge in [-0.15, -0.1) is 11.3 Å². The van der Waals surface area contributed by atoms with Gasteiger partial charge in [-0.1, -0.05) is 11.6 Å². The topological polar surface area (TPSA) is 17.0 Å². The molecule has 86 valence electrons. The van der Waals surface area contributed by atoms with Crippen molar-refractivity contribution in [2.75, 3.05) is 5.43 Å². The average Bonchev–Trinajstić information content (AvgIpc) is 2.70. The van der Waals surface area contributed by atoms with Crippen LogP contribution in [-0.2, 0) is 6.54 Å². The number of rotatable bonds is 3. The Hall–Kier alpha value is -0.450. The minimum Gasteiger partial charge on any atom is -0.321 e. The van der Waals surface area contributed by atoms with Crippen molar-refractivity contribution in [2.24, 2.45) is 0 Å². The number of nitrogens with one attached hydrogen (secondary N) is 1. The molecule has 5 heteroatoms. The van der Waals surface area contributed by atoms with Crippen LogP contribution in [0, 0.1) is 13.8 Å². The predicted molar refractivity (Wildman–Crippen MR) is 74.0 cm³/mol. The highest BCUT2D eigenvalue weighted by Crippen LogP contribution is 2.31. The van der Waals surface area contributed by atoms with E-state index in [1.54, 1.807) is 11.3 Å². The van der Waals surface area contributed by atoms with Crippen LogP contribution in [0.1, 0.15) is 16.3 Å². The van der Waals surface area contributed by atoms with E-state index in [9.17, 15) is 0 Å². The normalized spacial score (nSPS) is 10.8. The van der Waals surface area contributed by atoms with Gasteiger partial charge in [-0.3, -0.25) is 4.68 Å². The summed E-state index contributed by atoms with van der Waals surface area (Å²) in [6, 6.07) is 6.24. The van der Waals surface area contributed by atoms with Gasteiger partial charge >= 0.3 is 0 Å². The molecule has 0 radical (unpaired) electrons. The molecular weight excluding hydrogens is 308 g/mol. The summed E-state index contributed by atoms with van der Waals surface area (Å²) in [6.07, 6.45) is 0. The second-order valence-electron chi connectivity index (χ2n) is 3.62. The Morgan fingerprint density at radius 2 is 2.00 bits per heavy atom. The van der Waals surface area contributed by atoms with Crippen LogP contribution >= 0.6 is 38.9 Å². The maximum absolute atomic E-state index is 5.99. The van der Waals surface area contributed by atoms with Gasteiger partial charge in [-0.25, -0.2) is 0 Å². The first kappa shape index (κ1) is 12.0. The van der Waals surface area contributed by atoms with Gasteiger partial charge < -0.3 is 5.43 Å². The Bertz CT molecular complexity index is 465. The zero-order valence-electron chi connectivity index (χ0n) is 9.05. The van der Waals surface area contributed by atoms with E-state index in [-0.39, 0.29) is 0 Å². The molecule has 0 fully saturated rings. The van der Waals surface area contributed by atoms with Gasteiger partial charge in [-0.05, 0) is 48.0 Å². The Morgan fingerprint density at radius 3 is 2.50 bits per heavy atom. The van der Waals surface area contributed by atoms with Crippen LogP contribution in [0.4, 0.5) is 0 Å². The van der Waals surface area contributed by atoms with E-state index in [0.717, 1.165) is 15.4 Å². The molecule has 0 unspecified atom stereocenters. The minimum absolute atomic E-state index is 0.784. The van der Waals surface area contributed by atoms with Gasteiger partial charge in [0.05, 0.1) is 6.54 Å². The lowest BCUT2D eigenvalue weighted by molar-refractivity contribution is 0.797. The Balaban J connectivity index is 2.08. The van der Waals surface area contributed by atoms with Crippen LogP contribution in [0.15, 0.2) is 22.7 Å². The van der Waals surface area contributed by atoms with Crippen molar-refractivity contribution in [1.82, 2.24) is 4.68 Å². The third-order valence-corrected chi connectivity index (χ3v) is 4.85. The first-order valence-corrected chi connectivity index (χ1v) is 6.89. The second-order valence-corrected chi connectivity index (χ2v) is 6.21. The number of hydrogen-bond donors (Lipinski definition) is 1. The van der Waals surface area contributed by atoms with Crippen molar-refractivity contribution in [1.29, 1.82) is 0 Å². The average molecular weight is 320 g/mol. The molecule has 0 bridgehead atoms. The first-order chi connectivity index (χ1) is 7.58. The molecule has 1 N–H and O–H groups in total. The summed E-state index contributed by atoms with van der Waals surface area (Å²) in [7, 11) is 0. The summed E-state index contributed by atoms with van der Waals surface area (Å²) < 4.78 is 3.86. The number of thiophene rings is 1. The van der Waals surface area contributed by atoms with Gasteiger partial charge in [0.1, 0.15) is 4.34 Å². The van der Waals surface area contributed by atoms with Crippen LogP contribution in [-0.4, -0.2) is 4.68 Å². The molecule has 0 aliphatic heterocycles. The first-order valence-electron chi connectivity index (χ1n) is 4.90. The third kappa shape index (κ3) is 2.44. The Morgan fingerprint density at radius 1 is 1.38 bits per heavy atom. The summed E-state index contributed by atoms with van der Waals surface area (Å²) in [5, 5.41) is 0. The fraction of sp³-hybridized carbons (Fsp3) is 0.273. The SMILES string of the molecule is Cc1ccc(C)n1NCc1cc(Br)c(Cl)s1. The minimum atomic E-state index is 0.784. The zero-order chi connectivity index (χ0) is 11.7. The number of aryl methyl sites for hydroxylation is 2. The molecule has 16 heavy (non-hydrogen) atoms. The summed E-state index contributed by atoms with van der Waals surface area (Å²) in [4.78, 5) is 1.21. The lowest BCUT2D eigenvalue weighted by Crippen LogP contribution is -2.16. The van der Waals surface area contributed by atoms with Crippen molar-refractivity contribution in [3.8, 4) is 0 Å². The molecule has 0 atom stereocenters. The number of hydrogen-bond acceptors (Lipinski definition) is 2. The van der Waals surface area contributed by atoms with E-state index in [4.69, 9.17) is 11.6 Å². The third-order valence-electron chi connectivity index (χ3n) is 2.38. The maximum atomic E-state index is 5.99. The smallest absolute Gasteiger partial charge is 0.107 e. The van der Waals surface area contributed by atoms with Crippen LogP contribution < -0.4 is 5.43 Å². The molecular formula is C11H12BrClN2S. The molecule has 2 heterocycles. The Kier molecular flexibility index (Phi) is 3.62. The lowest BCUT2D eigenvalue weighted by Gasteiger charge is -2.11. The standard InChI is InChI=1S/C11H12BrClN2S/c1-7-3-4-8(2)15(7)14-6-9-5-10(12)11(13)16-9/h3-5,14H,6H2,1-2H3. The molecule has 2 rings (SSSR count). The predicted octanol–water partition coefficient (Wildman–Crippen LogP) is 4.33. The molecule has 0 amide bonds. The van der Waals surface area contributed by atoms with Crippen LogP contribution in [0.25, 0.3) is 0 Å². The fourth-order valence-corrected chi connectivity index (χ4v) is 3.28. The van der Waals surface area contributed by atoms with Gasteiger partial charge in [0.2, 0.25) is 0 Å². The van der Waals surface area contributed by atoms with Crippen molar-refractivity contribution >= 4 is 38.9 Å². The molecule has 2 nitrogen and oxygen atoms in total. The van der Waals surface area contributed by atoms with Crippen LogP contribution in [0.3, 0.4) is 0 Å². The molecule has 0 saturated heterocycles. The van der Waals surface area contributed by atoms with Crippen molar-refractivity contribution in [3.05, 3.63) is 43.3 Å². The largest absolute Gasteiger partial charge is 0.321 e. The van der Waals surface area contributed by atoms with Gasteiger partial charge in [-0.2, -0.15) is 0 Å². The van der Waals surface area contributed by atoms with E-state index in [2.05, 4.69) is 52.0 Å². The van der Waals surface area contributed by atoms with Crippen molar-refractivity contribution in [2.45, 2.75) is 20.4 Å². The maximum Gasteiger partial charge on any atom is 0.107 e. The number of halogens is 2. The van der Waals surface area contributed by atoms with Gasteiger partial charge in [0.15, 0.2) is 0 Å². The highest BCUT2D eigenvalue weighted by atomic mass is 79.9. The molecule has 0 aromatic carbocycles. The van der Waals surface area contributed by atoms with E-state index in [1.165, 1.54) is 16.3 Å². The van der Waals surface area contributed by atoms with Gasteiger partial charge in [0.25, 0.3) is 0 Å². The van der Waals surface area contributed by atoms with Crippen LogP contribution in [0.5, 0.6) is 0 Å². The molecule has 0 aliphatic rings. The molecule has 2 aromatic heterocycles. The summed E-state index contributed by atoms with van der Waals surface area (Å²) >= 11 is 11.0. The monoisotopic (exact) mass is 318 g/mol. The zero-order valence-corrected chi connectivity index (χ0v) is 12.2. The Labute approximate surface area is 112 Å². The summed E-state index contributed by atoms with van der Waals surface area (Å²) in [6.45, 7) is 4.95. The highest BCUT2D eigenvalue weighted by molar-refractivity contribution is 9.10. The van der Waals surface area contributed by atoms with Crippen LogP contribution in [0.2, 0.25) is 4.34 Å². The summed E-state index contributed by atoms with van der Waals surface area (Å²) in [5.74, 6) is 0. The lowest BCUT2D eigenvalue weighted by atomic mass is 10.5. The van der Waals surface area contributed by atoms with Crippen molar-refractivity contribution in [3.63, 3.8) is 0 Å². The van der Waals surface area contributed by atoms with E-state index in [1.807, 2.05) is 6.07 Å². The molecule has 0 aliphatic carbocycles.